The van der Waals surface area contributed by atoms with Gasteiger partial charge in [-0.05, 0) is 24.8 Å². The standard InChI is InChI=1S/C15H19NOS/c1-10(2)8-12-4-6-13(7-5-12)15-16-11(3)14(9-17)18-15/h4-7,10,17H,8-9H2,1-3H3. The number of aliphatic hydroxyl groups excluding tert-OH is 1. The molecule has 2 aromatic rings. The number of rotatable bonds is 4. The van der Waals surface area contributed by atoms with E-state index in [1.165, 1.54) is 5.56 Å². The molecule has 3 heteroatoms. The average molecular weight is 261 g/mol. The molecule has 1 aromatic carbocycles. The molecule has 96 valence electrons. The molecule has 0 fully saturated rings. The number of nitrogens with zero attached hydrogens (tertiary/aromatic N) is 1. The average Bonchev–Trinajstić information content (AvgIpc) is 2.71. The Kier molecular flexibility index (Phi) is 4.15. The van der Waals surface area contributed by atoms with Gasteiger partial charge in [0.15, 0.2) is 0 Å². The van der Waals surface area contributed by atoms with Gasteiger partial charge in [-0.3, -0.25) is 0 Å². The van der Waals surface area contributed by atoms with Crippen molar-refractivity contribution in [3.8, 4) is 10.6 Å². The van der Waals surface area contributed by atoms with Crippen LogP contribution in [0.5, 0.6) is 0 Å². The second-order valence-electron chi connectivity index (χ2n) is 4.98. The van der Waals surface area contributed by atoms with Gasteiger partial charge < -0.3 is 5.11 Å². The summed E-state index contributed by atoms with van der Waals surface area (Å²) in [7, 11) is 0. The summed E-state index contributed by atoms with van der Waals surface area (Å²) in [5.74, 6) is 0.680. The third-order valence-corrected chi connectivity index (χ3v) is 4.07. The first-order chi connectivity index (χ1) is 8.60. The van der Waals surface area contributed by atoms with Crippen molar-refractivity contribution >= 4 is 11.3 Å². The maximum absolute atomic E-state index is 9.19. The highest BCUT2D eigenvalue weighted by atomic mass is 32.1. The lowest BCUT2D eigenvalue weighted by atomic mass is 10.0. The minimum absolute atomic E-state index is 0.0783. The molecule has 0 saturated carbocycles. The number of aryl methyl sites for hydroxylation is 1. The number of aliphatic hydroxyl groups is 1. The SMILES string of the molecule is Cc1nc(-c2ccc(CC(C)C)cc2)sc1CO. The smallest absolute Gasteiger partial charge is 0.123 e. The van der Waals surface area contributed by atoms with Crippen LogP contribution >= 0.6 is 11.3 Å². The van der Waals surface area contributed by atoms with E-state index in [1.807, 2.05) is 6.92 Å². The van der Waals surface area contributed by atoms with Crippen molar-refractivity contribution < 1.29 is 5.11 Å². The Morgan fingerprint density at radius 2 is 1.89 bits per heavy atom. The molecule has 0 unspecified atom stereocenters. The van der Waals surface area contributed by atoms with Crippen molar-refractivity contribution in [1.82, 2.24) is 4.98 Å². The van der Waals surface area contributed by atoms with Crippen LogP contribution in [0.15, 0.2) is 24.3 Å². The van der Waals surface area contributed by atoms with E-state index in [1.54, 1.807) is 11.3 Å². The molecule has 1 N–H and O–H groups in total. The molecule has 0 aliphatic carbocycles. The molecule has 0 spiro atoms. The van der Waals surface area contributed by atoms with Gasteiger partial charge >= 0.3 is 0 Å². The molecular weight excluding hydrogens is 242 g/mol. The monoisotopic (exact) mass is 261 g/mol. The summed E-state index contributed by atoms with van der Waals surface area (Å²) in [4.78, 5) is 5.46. The lowest BCUT2D eigenvalue weighted by molar-refractivity contribution is 0.284. The van der Waals surface area contributed by atoms with E-state index < -0.39 is 0 Å². The van der Waals surface area contributed by atoms with E-state index in [9.17, 15) is 5.11 Å². The number of benzene rings is 1. The number of thiazole rings is 1. The maximum Gasteiger partial charge on any atom is 0.123 e. The van der Waals surface area contributed by atoms with Crippen molar-refractivity contribution in [2.24, 2.45) is 5.92 Å². The van der Waals surface area contributed by atoms with Crippen LogP contribution in [0, 0.1) is 12.8 Å². The first kappa shape index (κ1) is 13.2. The predicted octanol–water partition coefficient (Wildman–Crippen LogP) is 3.81. The van der Waals surface area contributed by atoms with Gasteiger partial charge in [-0.1, -0.05) is 38.1 Å². The van der Waals surface area contributed by atoms with Crippen LogP contribution in [0.2, 0.25) is 0 Å². The fourth-order valence-corrected chi connectivity index (χ4v) is 2.88. The number of hydrogen-bond acceptors (Lipinski definition) is 3. The van der Waals surface area contributed by atoms with Gasteiger partial charge in [0.05, 0.1) is 17.2 Å². The zero-order valence-corrected chi connectivity index (χ0v) is 11.9. The molecule has 0 bridgehead atoms. The van der Waals surface area contributed by atoms with Crippen LogP contribution < -0.4 is 0 Å². The summed E-state index contributed by atoms with van der Waals surface area (Å²) in [5, 5.41) is 10.2. The van der Waals surface area contributed by atoms with Gasteiger partial charge in [0.2, 0.25) is 0 Å². The summed E-state index contributed by atoms with van der Waals surface area (Å²) in [6.07, 6.45) is 1.11. The topological polar surface area (TPSA) is 33.1 Å². The summed E-state index contributed by atoms with van der Waals surface area (Å²) in [5.41, 5.74) is 3.43. The molecule has 0 amide bonds. The lowest BCUT2D eigenvalue weighted by Crippen LogP contribution is -1.93. The molecule has 0 atom stereocenters. The highest BCUT2D eigenvalue weighted by Gasteiger charge is 2.08. The molecule has 0 radical (unpaired) electrons. The molecule has 2 nitrogen and oxygen atoms in total. The minimum atomic E-state index is 0.0783. The fourth-order valence-electron chi connectivity index (χ4n) is 1.95. The first-order valence-electron chi connectivity index (χ1n) is 6.26. The third-order valence-electron chi connectivity index (χ3n) is 2.88. The van der Waals surface area contributed by atoms with E-state index in [4.69, 9.17) is 0 Å². The Hall–Kier alpha value is -1.19. The maximum atomic E-state index is 9.19. The van der Waals surface area contributed by atoms with E-state index >= 15 is 0 Å². The second-order valence-corrected chi connectivity index (χ2v) is 6.06. The van der Waals surface area contributed by atoms with Gasteiger partial charge in [-0.25, -0.2) is 4.98 Å². The van der Waals surface area contributed by atoms with Crippen LogP contribution in [0.1, 0.15) is 30.0 Å². The lowest BCUT2D eigenvalue weighted by Gasteiger charge is -2.05. The zero-order valence-electron chi connectivity index (χ0n) is 11.1. The van der Waals surface area contributed by atoms with Crippen LogP contribution in [0.25, 0.3) is 10.6 Å². The molecule has 18 heavy (non-hydrogen) atoms. The van der Waals surface area contributed by atoms with Crippen molar-refractivity contribution in [3.05, 3.63) is 40.4 Å². The van der Waals surface area contributed by atoms with E-state index in [-0.39, 0.29) is 6.61 Å². The number of aromatic nitrogens is 1. The summed E-state index contributed by atoms with van der Waals surface area (Å²) in [6, 6.07) is 8.59. The van der Waals surface area contributed by atoms with Crippen molar-refractivity contribution in [2.45, 2.75) is 33.8 Å². The van der Waals surface area contributed by atoms with Crippen LogP contribution in [-0.4, -0.2) is 10.1 Å². The van der Waals surface area contributed by atoms with E-state index in [2.05, 4.69) is 43.1 Å². The largest absolute Gasteiger partial charge is 0.391 e. The zero-order chi connectivity index (χ0) is 13.1. The summed E-state index contributed by atoms with van der Waals surface area (Å²) >= 11 is 1.57. The quantitative estimate of drug-likeness (QED) is 0.908. The Bertz CT molecular complexity index is 514. The predicted molar refractivity (Wildman–Crippen MR) is 76.8 cm³/mol. The Balaban J connectivity index is 2.22. The fraction of sp³-hybridized carbons (Fsp3) is 0.400. The van der Waals surface area contributed by atoms with E-state index in [0.717, 1.165) is 27.6 Å². The molecule has 1 heterocycles. The third kappa shape index (κ3) is 2.98. The van der Waals surface area contributed by atoms with Crippen LogP contribution in [0.4, 0.5) is 0 Å². The summed E-state index contributed by atoms with van der Waals surface area (Å²) in [6.45, 7) is 6.48. The number of hydrogen-bond donors (Lipinski definition) is 1. The van der Waals surface area contributed by atoms with Gasteiger partial charge in [0.1, 0.15) is 5.01 Å². The van der Waals surface area contributed by atoms with Gasteiger partial charge in [0, 0.05) is 5.56 Å². The van der Waals surface area contributed by atoms with Gasteiger partial charge in [-0.2, -0.15) is 0 Å². The van der Waals surface area contributed by atoms with Crippen molar-refractivity contribution in [2.75, 3.05) is 0 Å². The summed E-state index contributed by atoms with van der Waals surface area (Å²) < 4.78 is 0. The normalized spacial score (nSPS) is 11.2. The molecule has 0 saturated heterocycles. The van der Waals surface area contributed by atoms with E-state index in [0.29, 0.717) is 5.92 Å². The van der Waals surface area contributed by atoms with Crippen LogP contribution in [-0.2, 0) is 13.0 Å². The van der Waals surface area contributed by atoms with Gasteiger partial charge in [0.25, 0.3) is 0 Å². The van der Waals surface area contributed by atoms with Crippen LogP contribution in [0.3, 0.4) is 0 Å². The second kappa shape index (κ2) is 5.63. The highest BCUT2D eigenvalue weighted by Crippen LogP contribution is 2.28. The minimum Gasteiger partial charge on any atom is -0.391 e. The van der Waals surface area contributed by atoms with Crippen molar-refractivity contribution in [3.63, 3.8) is 0 Å². The van der Waals surface area contributed by atoms with Gasteiger partial charge in [-0.15, -0.1) is 11.3 Å². The Labute approximate surface area is 112 Å². The molecule has 2 rings (SSSR count). The highest BCUT2D eigenvalue weighted by molar-refractivity contribution is 7.15. The molecule has 0 aliphatic heterocycles. The molecule has 0 aliphatic rings. The molecule has 1 aromatic heterocycles. The van der Waals surface area contributed by atoms with Crippen molar-refractivity contribution in [1.29, 1.82) is 0 Å². The molecular formula is C15H19NOS. The Morgan fingerprint density at radius 1 is 1.22 bits per heavy atom. The Morgan fingerprint density at radius 3 is 2.39 bits per heavy atom. The first-order valence-corrected chi connectivity index (χ1v) is 7.08.